The Balaban J connectivity index is 1.41. The normalized spacial score (nSPS) is 11.6. The molecule has 0 aliphatic carbocycles. The van der Waals surface area contributed by atoms with Crippen molar-refractivity contribution >= 4 is 39.1 Å². The molecular formula is C37H39N3O5. The molecule has 1 aromatic heterocycles. The first kappa shape index (κ1) is 31.5. The van der Waals surface area contributed by atoms with Crippen molar-refractivity contribution in [2.45, 2.75) is 32.6 Å². The standard InChI is InChI=1S/C37H39N3O5/c1-37(2,3)29-14-11-23(17-31(29)39-36(42)22-40(4)5)18-32(41)27-10-8-9-24-19-25(12-13-26(24)27)45-33-15-16-38-30-21-35(44-7)34(43-6)20-28(30)33/h8-17,19-21H,18,22H2,1-7H3,(H,39,42). The fourth-order valence-corrected chi connectivity index (χ4v) is 5.45. The first-order valence-corrected chi connectivity index (χ1v) is 14.8. The predicted molar refractivity (Wildman–Crippen MR) is 179 cm³/mol. The van der Waals surface area contributed by atoms with E-state index >= 15 is 0 Å². The summed E-state index contributed by atoms with van der Waals surface area (Å²) in [6.07, 6.45) is 1.89. The van der Waals surface area contributed by atoms with Crippen molar-refractivity contribution < 1.29 is 23.8 Å². The average molecular weight is 606 g/mol. The van der Waals surface area contributed by atoms with Crippen molar-refractivity contribution in [1.82, 2.24) is 9.88 Å². The van der Waals surface area contributed by atoms with Gasteiger partial charge in [0.1, 0.15) is 11.5 Å². The lowest BCUT2D eigenvalue weighted by molar-refractivity contribution is -0.116. The van der Waals surface area contributed by atoms with E-state index in [1.54, 1.807) is 26.5 Å². The molecule has 0 saturated heterocycles. The van der Waals surface area contributed by atoms with E-state index in [4.69, 9.17) is 14.2 Å². The zero-order valence-electron chi connectivity index (χ0n) is 26.9. The van der Waals surface area contributed by atoms with Crippen LogP contribution in [0.4, 0.5) is 5.69 Å². The van der Waals surface area contributed by atoms with E-state index in [1.807, 2.05) is 85.7 Å². The van der Waals surface area contributed by atoms with Crippen LogP contribution >= 0.6 is 0 Å². The molecule has 232 valence electrons. The summed E-state index contributed by atoms with van der Waals surface area (Å²) in [5.74, 6) is 2.32. The van der Waals surface area contributed by atoms with Crippen LogP contribution in [-0.2, 0) is 16.6 Å². The second-order valence-corrected chi connectivity index (χ2v) is 12.3. The molecule has 0 aliphatic heterocycles. The SMILES string of the molecule is COc1cc2nccc(Oc3ccc4c(C(=O)Cc5ccc(C(C)(C)C)c(NC(=O)CN(C)C)c5)cccc4c3)c2cc1OC. The number of amides is 1. The van der Waals surface area contributed by atoms with E-state index in [2.05, 4.69) is 31.1 Å². The Morgan fingerprint density at radius 3 is 2.31 bits per heavy atom. The number of Topliss-reactive ketones (excluding diaryl/α,β-unsaturated/α-hetero) is 1. The van der Waals surface area contributed by atoms with Crippen LogP contribution in [0.15, 0.2) is 79.0 Å². The summed E-state index contributed by atoms with van der Waals surface area (Å²) in [6.45, 7) is 6.59. The number of ketones is 1. The molecule has 0 atom stereocenters. The minimum absolute atomic E-state index is 0.00971. The Kier molecular flexibility index (Phi) is 9.06. The van der Waals surface area contributed by atoms with Crippen molar-refractivity contribution in [1.29, 1.82) is 0 Å². The van der Waals surface area contributed by atoms with Gasteiger partial charge in [-0.2, -0.15) is 0 Å². The van der Waals surface area contributed by atoms with Crippen molar-refractivity contribution in [2.75, 3.05) is 40.2 Å². The predicted octanol–water partition coefficient (Wildman–Crippen LogP) is 7.42. The zero-order valence-corrected chi connectivity index (χ0v) is 26.9. The molecule has 0 saturated carbocycles. The molecule has 5 aromatic rings. The van der Waals surface area contributed by atoms with Gasteiger partial charge in [-0.3, -0.25) is 14.6 Å². The second-order valence-electron chi connectivity index (χ2n) is 12.3. The number of benzene rings is 4. The molecule has 0 aliphatic rings. The average Bonchev–Trinajstić information content (AvgIpc) is 2.99. The maximum absolute atomic E-state index is 13.7. The smallest absolute Gasteiger partial charge is 0.238 e. The van der Waals surface area contributed by atoms with E-state index in [1.165, 1.54) is 0 Å². The van der Waals surface area contributed by atoms with Crippen LogP contribution in [0.1, 0.15) is 42.3 Å². The van der Waals surface area contributed by atoms with Gasteiger partial charge in [0, 0.05) is 35.3 Å². The summed E-state index contributed by atoms with van der Waals surface area (Å²) in [5, 5.41) is 5.57. The van der Waals surface area contributed by atoms with Gasteiger partial charge in [0.25, 0.3) is 0 Å². The lowest BCUT2D eigenvalue weighted by atomic mass is 9.84. The van der Waals surface area contributed by atoms with Crippen LogP contribution in [0, 0.1) is 0 Å². The van der Waals surface area contributed by atoms with Crippen LogP contribution < -0.4 is 19.5 Å². The zero-order chi connectivity index (χ0) is 32.3. The van der Waals surface area contributed by atoms with Gasteiger partial charge >= 0.3 is 0 Å². The summed E-state index contributed by atoms with van der Waals surface area (Å²) in [5.41, 5.74) is 3.75. The number of ether oxygens (including phenoxy) is 3. The highest BCUT2D eigenvalue weighted by molar-refractivity contribution is 6.09. The quantitative estimate of drug-likeness (QED) is 0.166. The van der Waals surface area contributed by atoms with Crippen LogP contribution in [0.2, 0.25) is 0 Å². The molecule has 1 heterocycles. The van der Waals surface area contributed by atoms with E-state index in [0.717, 1.165) is 38.5 Å². The number of hydrogen-bond donors (Lipinski definition) is 1. The number of nitrogens with zero attached hydrogens (tertiary/aromatic N) is 2. The fraction of sp³-hybridized carbons (Fsp3) is 0.270. The van der Waals surface area contributed by atoms with Crippen molar-refractivity contribution in [2.24, 2.45) is 0 Å². The van der Waals surface area contributed by atoms with Crippen molar-refractivity contribution in [3.63, 3.8) is 0 Å². The van der Waals surface area contributed by atoms with E-state index in [-0.39, 0.29) is 30.1 Å². The van der Waals surface area contributed by atoms with Crippen molar-refractivity contribution in [3.05, 3.63) is 95.7 Å². The molecule has 45 heavy (non-hydrogen) atoms. The van der Waals surface area contributed by atoms with Gasteiger partial charge in [-0.15, -0.1) is 0 Å². The minimum atomic E-state index is -0.180. The largest absolute Gasteiger partial charge is 0.493 e. The third-order valence-corrected chi connectivity index (χ3v) is 7.58. The number of carbonyl (C=O) groups excluding carboxylic acids is 2. The number of fused-ring (bicyclic) bond motifs is 2. The Morgan fingerprint density at radius 1 is 0.844 bits per heavy atom. The van der Waals surface area contributed by atoms with Crippen LogP contribution in [-0.4, -0.2) is 56.4 Å². The van der Waals surface area contributed by atoms with E-state index in [9.17, 15) is 9.59 Å². The van der Waals surface area contributed by atoms with Gasteiger partial charge in [0.2, 0.25) is 5.91 Å². The third-order valence-electron chi connectivity index (χ3n) is 7.58. The highest BCUT2D eigenvalue weighted by atomic mass is 16.5. The molecule has 1 amide bonds. The number of methoxy groups -OCH3 is 2. The topological polar surface area (TPSA) is 90.0 Å². The van der Waals surface area contributed by atoms with Gasteiger partial charge < -0.3 is 24.4 Å². The maximum atomic E-state index is 13.7. The summed E-state index contributed by atoms with van der Waals surface area (Å²) in [6, 6.07) is 22.8. The fourth-order valence-electron chi connectivity index (χ4n) is 5.45. The Hall–Kier alpha value is -4.95. The van der Waals surface area contributed by atoms with Crippen molar-refractivity contribution in [3.8, 4) is 23.0 Å². The lowest BCUT2D eigenvalue weighted by Crippen LogP contribution is -2.28. The highest BCUT2D eigenvalue weighted by Gasteiger charge is 2.21. The molecular weight excluding hydrogens is 566 g/mol. The number of aromatic nitrogens is 1. The molecule has 0 fully saturated rings. The maximum Gasteiger partial charge on any atom is 0.238 e. The summed E-state index contributed by atoms with van der Waals surface area (Å²) in [4.78, 5) is 32.6. The molecule has 0 bridgehead atoms. The molecule has 0 radical (unpaired) electrons. The van der Waals surface area contributed by atoms with Crippen LogP contribution in [0.25, 0.3) is 21.7 Å². The Labute approximate surface area is 263 Å². The molecule has 5 rings (SSSR count). The number of likely N-dealkylation sites (N-methyl/N-ethyl adjacent to an activating group) is 1. The summed E-state index contributed by atoms with van der Waals surface area (Å²) in [7, 11) is 6.89. The Bertz CT molecular complexity index is 1890. The number of anilines is 1. The lowest BCUT2D eigenvalue weighted by Gasteiger charge is -2.24. The summed E-state index contributed by atoms with van der Waals surface area (Å²) < 4.78 is 17.2. The Morgan fingerprint density at radius 2 is 1.60 bits per heavy atom. The van der Waals surface area contributed by atoms with Gasteiger partial charge in [0.05, 0.1) is 26.3 Å². The number of rotatable bonds is 10. The first-order valence-electron chi connectivity index (χ1n) is 14.8. The first-order chi connectivity index (χ1) is 21.5. The monoisotopic (exact) mass is 605 g/mol. The van der Waals surface area contributed by atoms with Gasteiger partial charge in [-0.05, 0) is 77.8 Å². The minimum Gasteiger partial charge on any atom is -0.493 e. The number of carbonyl (C=O) groups is 2. The number of nitrogens with one attached hydrogen (secondary N) is 1. The van der Waals surface area contributed by atoms with Gasteiger partial charge in [-0.25, -0.2) is 0 Å². The molecule has 4 aromatic carbocycles. The third kappa shape index (κ3) is 7.07. The molecule has 8 heteroatoms. The van der Waals surface area contributed by atoms with Gasteiger partial charge in [-0.1, -0.05) is 51.1 Å². The molecule has 0 spiro atoms. The van der Waals surface area contributed by atoms with Crippen LogP contribution in [0.3, 0.4) is 0 Å². The molecule has 8 nitrogen and oxygen atoms in total. The molecule has 0 unspecified atom stereocenters. The van der Waals surface area contributed by atoms with E-state index in [0.29, 0.717) is 28.6 Å². The number of hydrogen-bond acceptors (Lipinski definition) is 7. The molecule has 1 N–H and O–H groups in total. The second kappa shape index (κ2) is 13.0. The number of pyridine rings is 1. The van der Waals surface area contributed by atoms with Crippen LogP contribution in [0.5, 0.6) is 23.0 Å². The van der Waals surface area contributed by atoms with Gasteiger partial charge in [0.15, 0.2) is 17.3 Å². The summed E-state index contributed by atoms with van der Waals surface area (Å²) >= 11 is 0. The highest BCUT2D eigenvalue weighted by Crippen LogP contribution is 2.38. The van der Waals surface area contributed by atoms with E-state index < -0.39 is 0 Å².